The zero-order valence-electron chi connectivity index (χ0n) is 14.9. The molecule has 0 aliphatic heterocycles. The smallest absolute Gasteiger partial charge is 0.341 e. The molecule has 3 aliphatic rings. The van der Waals surface area contributed by atoms with Crippen molar-refractivity contribution < 1.29 is 24.2 Å². The number of hydrogen-bond donors (Lipinski definition) is 2. The monoisotopic (exact) mass is 377 g/mol. The Bertz CT molecular complexity index is 753. The first-order chi connectivity index (χ1) is 12.5. The van der Waals surface area contributed by atoms with E-state index in [4.69, 9.17) is 4.74 Å². The van der Waals surface area contributed by atoms with Crippen molar-refractivity contribution in [1.82, 2.24) is 0 Å². The molecule has 0 saturated heterocycles. The highest BCUT2D eigenvalue weighted by molar-refractivity contribution is 7.16. The standard InChI is InChI=1S/C19H23NO5S/c1-3-12-9-13(19(24)25-4-2)17(26-12)20-16(21)14-10-5-7-11(8-6-10)15(14)18(22)23/h5,7,9-11,14-15H,3-4,6,8H2,1-2H3,(H,20,21)(H,22,23)/t10-,11+,14-,15+/m1/s1. The minimum atomic E-state index is -0.935. The van der Waals surface area contributed by atoms with Crippen LogP contribution in [0.4, 0.5) is 5.00 Å². The molecule has 0 spiro atoms. The van der Waals surface area contributed by atoms with Gasteiger partial charge in [0.1, 0.15) is 5.00 Å². The topological polar surface area (TPSA) is 92.7 Å². The molecule has 0 aromatic carbocycles. The van der Waals surface area contributed by atoms with Crippen molar-refractivity contribution in [2.24, 2.45) is 23.7 Å². The first-order valence-electron chi connectivity index (χ1n) is 8.98. The Balaban J connectivity index is 1.85. The van der Waals surface area contributed by atoms with Crippen LogP contribution < -0.4 is 5.32 Å². The van der Waals surface area contributed by atoms with Crippen LogP contribution in [0.15, 0.2) is 18.2 Å². The second kappa shape index (κ2) is 7.61. The summed E-state index contributed by atoms with van der Waals surface area (Å²) in [6.45, 7) is 3.95. The van der Waals surface area contributed by atoms with E-state index in [9.17, 15) is 19.5 Å². The minimum absolute atomic E-state index is 0.0715. The highest BCUT2D eigenvalue weighted by Gasteiger charge is 2.48. The molecule has 1 fully saturated rings. The molecule has 140 valence electrons. The Morgan fingerprint density at radius 2 is 1.85 bits per heavy atom. The van der Waals surface area contributed by atoms with Gasteiger partial charge >= 0.3 is 11.9 Å². The number of allylic oxidation sites excluding steroid dienone is 2. The lowest BCUT2D eigenvalue weighted by Gasteiger charge is -2.41. The summed E-state index contributed by atoms with van der Waals surface area (Å²) in [6.07, 6.45) is 6.26. The number of amides is 1. The Hall–Kier alpha value is -2.15. The number of ether oxygens (including phenoxy) is 1. The summed E-state index contributed by atoms with van der Waals surface area (Å²) in [4.78, 5) is 37.8. The Labute approximate surface area is 156 Å². The van der Waals surface area contributed by atoms with Gasteiger partial charge in [0.05, 0.1) is 24.0 Å². The largest absolute Gasteiger partial charge is 0.481 e. The third-order valence-corrected chi connectivity index (χ3v) is 6.39. The summed E-state index contributed by atoms with van der Waals surface area (Å²) < 4.78 is 5.07. The number of esters is 1. The molecule has 4 rings (SSSR count). The average molecular weight is 377 g/mol. The van der Waals surface area contributed by atoms with Crippen LogP contribution in [0.2, 0.25) is 0 Å². The number of carboxylic acid groups (broad SMARTS) is 1. The molecule has 4 atom stereocenters. The van der Waals surface area contributed by atoms with Gasteiger partial charge in [-0.15, -0.1) is 11.3 Å². The number of hydrogen-bond acceptors (Lipinski definition) is 5. The van der Waals surface area contributed by atoms with Crippen molar-refractivity contribution in [3.63, 3.8) is 0 Å². The Morgan fingerprint density at radius 3 is 2.38 bits per heavy atom. The Kier molecular flexibility index (Phi) is 5.46. The first kappa shape index (κ1) is 18.6. The van der Waals surface area contributed by atoms with Crippen molar-refractivity contribution in [2.45, 2.75) is 33.1 Å². The summed E-state index contributed by atoms with van der Waals surface area (Å²) in [7, 11) is 0. The van der Waals surface area contributed by atoms with Crippen LogP contribution in [0, 0.1) is 23.7 Å². The third-order valence-electron chi connectivity index (χ3n) is 5.20. The molecule has 2 bridgehead atoms. The third kappa shape index (κ3) is 3.40. The highest BCUT2D eigenvalue weighted by atomic mass is 32.1. The van der Waals surface area contributed by atoms with Crippen LogP contribution in [0.1, 0.15) is 41.9 Å². The number of thiophene rings is 1. The maximum absolute atomic E-state index is 12.9. The number of rotatable bonds is 6. The van der Waals surface area contributed by atoms with Crippen molar-refractivity contribution in [2.75, 3.05) is 11.9 Å². The molecule has 26 heavy (non-hydrogen) atoms. The molecule has 6 nitrogen and oxygen atoms in total. The Morgan fingerprint density at radius 1 is 1.19 bits per heavy atom. The molecule has 1 aromatic heterocycles. The fourth-order valence-corrected chi connectivity index (χ4v) is 4.94. The number of fused-ring (bicyclic) bond motifs is 2. The van der Waals surface area contributed by atoms with Gasteiger partial charge in [-0.1, -0.05) is 19.1 Å². The number of carbonyl (C=O) groups is 3. The van der Waals surface area contributed by atoms with E-state index in [1.54, 1.807) is 13.0 Å². The number of aliphatic carboxylic acids is 1. The van der Waals surface area contributed by atoms with Gasteiger partial charge in [0.25, 0.3) is 0 Å². The molecule has 7 heteroatoms. The van der Waals surface area contributed by atoms with Crippen LogP contribution >= 0.6 is 11.3 Å². The van der Waals surface area contributed by atoms with E-state index in [0.29, 0.717) is 10.6 Å². The lowest BCUT2D eigenvalue weighted by atomic mass is 9.62. The zero-order valence-corrected chi connectivity index (χ0v) is 15.7. The summed E-state index contributed by atoms with van der Waals surface area (Å²) >= 11 is 1.34. The van der Waals surface area contributed by atoms with E-state index in [1.165, 1.54) is 11.3 Å². The molecule has 1 saturated carbocycles. The minimum Gasteiger partial charge on any atom is -0.481 e. The molecular formula is C19H23NO5S. The summed E-state index contributed by atoms with van der Waals surface area (Å²) in [5.74, 6) is -3.24. The molecule has 3 aliphatic carbocycles. The van der Waals surface area contributed by atoms with Gasteiger partial charge in [-0.05, 0) is 44.1 Å². The van der Waals surface area contributed by atoms with Crippen LogP contribution in [-0.4, -0.2) is 29.6 Å². The second-order valence-corrected chi connectivity index (χ2v) is 7.84. The van der Waals surface area contributed by atoms with E-state index in [0.717, 1.165) is 24.1 Å². The normalized spacial score (nSPS) is 26.5. The average Bonchev–Trinajstić information content (AvgIpc) is 3.05. The first-order valence-corrected chi connectivity index (χ1v) is 9.79. The summed E-state index contributed by atoms with van der Waals surface area (Å²) in [6, 6.07) is 1.74. The predicted octanol–water partition coefficient (Wildman–Crippen LogP) is 3.34. The van der Waals surface area contributed by atoms with Crippen molar-refractivity contribution >= 4 is 34.2 Å². The van der Waals surface area contributed by atoms with Crippen molar-refractivity contribution in [3.8, 4) is 0 Å². The number of carbonyl (C=O) groups excluding carboxylic acids is 2. The quantitative estimate of drug-likeness (QED) is 0.586. The zero-order chi connectivity index (χ0) is 18.8. The number of aryl methyl sites for hydroxylation is 1. The van der Waals surface area contributed by atoms with Crippen LogP contribution in [0.5, 0.6) is 0 Å². The predicted molar refractivity (Wildman–Crippen MR) is 98.3 cm³/mol. The van der Waals surface area contributed by atoms with E-state index >= 15 is 0 Å². The van der Waals surface area contributed by atoms with E-state index in [2.05, 4.69) is 5.32 Å². The van der Waals surface area contributed by atoms with E-state index in [1.807, 2.05) is 19.1 Å². The lowest BCUT2D eigenvalue weighted by Crippen LogP contribution is -2.47. The maximum Gasteiger partial charge on any atom is 0.341 e. The van der Waals surface area contributed by atoms with Crippen molar-refractivity contribution in [3.05, 3.63) is 28.7 Å². The van der Waals surface area contributed by atoms with Crippen LogP contribution in [-0.2, 0) is 20.7 Å². The molecule has 0 radical (unpaired) electrons. The number of nitrogens with one attached hydrogen (secondary N) is 1. The van der Waals surface area contributed by atoms with Gasteiger partial charge in [0.15, 0.2) is 0 Å². The summed E-state index contributed by atoms with van der Waals surface area (Å²) in [5, 5.41) is 12.9. The fourth-order valence-electron chi connectivity index (χ4n) is 3.95. The van der Waals surface area contributed by atoms with Gasteiger partial charge in [-0.25, -0.2) is 4.79 Å². The van der Waals surface area contributed by atoms with Gasteiger partial charge in [0, 0.05) is 4.88 Å². The number of carboxylic acids is 1. The number of anilines is 1. The van der Waals surface area contributed by atoms with Gasteiger partial charge < -0.3 is 15.2 Å². The molecular weight excluding hydrogens is 354 g/mol. The second-order valence-electron chi connectivity index (χ2n) is 6.70. The van der Waals surface area contributed by atoms with E-state index in [-0.39, 0.29) is 24.3 Å². The summed E-state index contributed by atoms with van der Waals surface area (Å²) in [5.41, 5.74) is 0.338. The van der Waals surface area contributed by atoms with Gasteiger partial charge in [-0.3, -0.25) is 9.59 Å². The maximum atomic E-state index is 12.9. The highest BCUT2D eigenvalue weighted by Crippen LogP contribution is 2.45. The van der Waals surface area contributed by atoms with Crippen LogP contribution in [0.25, 0.3) is 0 Å². The molecule has 2 N–H and O–H groups in total. The van der Waals surface area contributed by atoms with Gasteiger partial charge in [0.2, 0.25) is 5.91 Å². The van der Waals surface area contributed by atoms with E-state index < -0.39 is 23.8 Å². The lowest BCUT2D eigenvalue weighted by molar-refractivity contribution is -0.151. The molecule has 0 unspecified atom stereocenters. The fraction of sp³-hybridized carbons (Fsp3) is 0.526. The molecule has 1 heterocycles. The SMILES string of the molecule is CCOC(=O)c1cc(CC)sc1NC(=O)[C@H]1[C@@H](C(=O)O)[C@H]2C=C[C@@H]1CC2. The van der Waals surface area contributed by atoms with Crippen molar-refractivity contribution in [1.29, 1.82) is 0 Å². The van der Waals surface area contributed by atoms with Crippen LogP contribution in [0.3, 0.4) is 0 Å². The molecule has 1 amide bonds. The molecule has 1 aromatic rings. The van der Waals surface area contributed by atoms with Gasteiger partial charge in [-0.2, -0.15) is 0 Å².